The molecule has 3 rings (SSSR count). The van der Waals surface area contributed by atoms with Gasteiger partial charge < -0.3 is 15.4 Å². The highest BCUT2D eigenvalue weighted by molar-refractivity contribution is 5.93. The maximum Gasteiger partial charge on any atom is 0.270 e. The van der Waals surface area contributed by atoms with Crippen molar-refractivity contribution in [2.75, 3.05) is 19.0 Å². The van der Waals surface area contributed by atoms with Crippen LogP contribution >= 0.6 is 0 Å². The van der Waals surface area contributed by atoms with Gasteiger partial charge in [-0.05, 0) is 24.5 Å². The number of hydrogen-bond donors (Lipinski definition) is 2. The summed E-state index contributed by atoms with van der Waals surface area (Å²) in [5.74, 6) is 2.00. The van der Waals surface area contributed by atoms with Gasteiger partial charge in [0.15, 0.2) is 5.82 Å². The summed E-state index contributed by atoms with van der Waals surface area (Å²) in [7, 11) is 1.61. The summed E-state index contributed by atoms with van der Waals surface area (Å²) in [6.45, 7) is 4.86. The molecule has 0 fully saturated rings. The van der Waals surface area contributed by atoms with Crippen molar-refractivity contribution in [1.29, 1.82) is 0 Å². The van der Waals surface area contributed by atoms with Crippen LogP contribution in [0.4, 0.5) is 11.5 Å². The van der Waals surface area contributed by atoms with Crippen LogP contribution in [0.25, 0.3) is 11.4 Å². The highest BCUT2D eigenvalue weighted by atomic mass is 16.5. The Morgan fingerprint density at radius 3 is 2.48 bits per heavy atom. The van der Waals surface area contributed by atoms with Crippen molar-refractivity contribution in [3.8, 4) is 17.1 Å². The van der Waals surface area contributed by atoms with Gasteiger partial charge in [-0.2, -0.15) is 0 Å². The molecule has 0 bridgehead atoms. The van der Waals surface area contributed by atoms with E-state index in [1.807, 2.05) is 54.6 Å². The van der Waals surface area contributed by atoms with Crippen molar-refractivity contribution < 1.29 is 9.53 Å². The molecule has 0 aliphatic rings. The smallest absolute Gasteiger partial charge is 0.270 e. The van der Waals surface area contributed by atoms with Gasteiger partial charge in [0.2, 0.25) is 0 Å². The standard InChI is InChI=1S/C23H26N4O2/c1-16(2)13-14-24-23(28)19-15-21(25-18-11-7-8-12-20(18)29-3)27-22(26-19)17-9-5-4-6-10-17/h4-12,15-16H,13-14H2,1-3H3,(H,24,28)(H,25,26,27). The second-order valence-corrected chi connectivity index (χ2v) is 7.09. The molecule has 6 nitrogen and oxygen atoms in total. The van der Waals surface area contributed by atoms with Crippen molar-refractivity contribution in [2.24, 2.45) is 5.92 Å². The second kappa shape index (κ2) is 9.68. The summed E-state index contributed by atoms with van der Waals surface area (Å²) in [6.07, 6.45) is 0.911. The lowest BCUT2D eigenvalue weighted by atomic mass is 10.1. The highest BCUT2D eigenvalue weighted by Gasteiger charge is 2.14. The molecule has 0 aliphatic heterocycles. The monoisotopic (exact) mass is 390 g/mol. The Labute approximate surface area is 171 Å². The molecule has 0 saturated carbocycles. The number of methoxy groups -OCH3 is 1. The summed E-state index contributed by atoms with van der Waals surface area (Å²) >= 11 is 0. The summed E-state index contributed by atoms with van der Waals surface area (Å²) in [5, 5.41) is 6.19. The average molecular weight is 390 g/mol. The van der Waals surface area contributed by atoms with Crippen molar-refractivity contribution in [1.82, 2.24) is 15.3 Å². The van der Waals surface area contributed by atoms with Crippen LogP contribution in [0, 0.1) is 5.92 Å². The zero-order chi connectivity index (χ0) is 20.6. The van der Waals surface area contributed by atoms with Gasteiger partial charge in [-0.3, -0.25) is 4.79 Å². The van der Waals surface area contributed by atoms with E-state index in [-0.39, 0.29) is 5.91 Å². The summed E-state index contributed by atoms with van der Waals surface area (Å²) in [6, 6.07) is 18.8. The number of para-hydroxylation sites is 2. The number of aromatic nitrogens is 2. The quantitative estimate of drug-likeness (QED) is 0.584. The largest absolute Gasteiger partial charge is 0.495 e. The first kappa shape index (κ1) is 20.3. The molecule has 0 aliphatic carbocycles. The molecule has 3 aromatic rings. The molecule has 0 saturated heterocycles. The number of carbonyl (C=O) groups is 1. The Morgan fingerprint density at radius 1 is 1.03 bits per heavy atom. The Morgan fingerprint density at radius 2 is 1.76 bits per heavy atom. The van der Waals surface area contributed by atoms with Crippen LogP contribution in [0.15, 0.2) is 60.7 Å². The number of anilines is 2. The molecule has 1 amide bonds. The number of hydrogen-bond acceptors (Lipinski definition) is 5. The Bertz CT molecular complexity index is 958. The zero-order valence-corrected chi connectivity index (χ0v) is 17.0. The normalized spacial score (nSPS) is 10.6. The predicted molar refractivity (Wildman–Crippen MR) is 116 cm³/mol. The first-order valence-electron chi connectivity index (χ1n) is 9.69. The summed E-state index contributed by atoms with van der Waals surface area (Å²) in [4.78, 5) is 21.8. The molecule has 1 aromatic heterocycles. The Balaban J connectivity index is 1.93. The van der Waals surface area contributed by atoms with E-state index in [4.69, 9.17) is 4.74 Å². The van der Waals surface area contributed by atoms with E-state index in [1.165, 1.54) is 0 Å². The van der Waals surface area contributed by atoms with E-state index < -0.39 is 0 Å². The van der Waals surface area contributed by atoms with E-state index in [2.05, 4.69) is 34.4 Å². The molecular weight excluding hydrogens is 364 g/mol. The van der Waals surface area contributed by atoms with E-state index in [0.29, 0.717) is 35.5 Å². The van der Waals surface area contributed by atoms with Crippen molar-refractivity contribution >= 4 is 17.4 Å². The van der Waals surface area contributed by atoms with Crippen LogP contribution in [0.5, 0.6) is 5.75 Å². The maximum atomic E-state index is 12.7. The third-order valence-corrected chi connectivity index (χ3v) is 4.37. The van der Waals surface area contributed by atoms with Crippen LogP contribution in [0.3, 0.4) is 0 Å². The van der Waals surface area contributed by atoms with E-state index >= 15 is 0 Å². The maximum absolute atomic E-state index is 12.7. The molecule has 1 heterocycles. The number of nitrogens with one attached hydrogen (secondary N) is 2. The molecule has 0 spiro atoms. The van der Waals surface area contributed by atoms with Crippen molar-refractivity contribution in [3.63, 3.8) is 0 Å². The van der Waals surface area contributed by atoms with Crippen LogP contribution < -0.4 is 15.4 Å². The molecule has 2 aromatic carbocycles. The van der Waals surface area contributed by atoms with Gasteiger partial charge in [0.25, 0.3) is 5.91 Å². The van der Waals surface area contributed by atoms with Gasteiger partial charge in [-0.1, -0.05) is 56.3 Å². The number of nitrogens with zero attached hydrogens (tertiary/aromatic N) is 2. The highest BCUT2D eigenvalue weighted by Crippen LogP contribution is 2.27. The third kappa shape index (κ3) is 5.54. The third-order valence-electron chi connectivity index (χ3n) is 4.37. The summed E-state index contributed by atoms with van der Waals surface area (Å²) < 4.78 is 5.40. The van der Waals surface area contributed by atoms with Crippen LogP contribution in [0.2, 0.25) is 0 Å². The number of ether oxygens (including phenoxy) is 1. The second-order valence-electron chi connectivity index (χ2n) is 7.09. The molecule has 0 unspecified atom stereocenters. The molecule has 0 radical (unpaired) electrons. The van der Waals surface area contributed by atoms with E-state index in [0.717, 1.165) is 17.7 Å². The number of carbonyl (C=O) groups excluding carboxylic acids is 1. The lowest BCUT2D eigenvalue weighted by Crippen LogP contribution is -2.26. The molecular formula is C23H26N4O2. The van der Waals surface area contributed by atoms with Gasteiger partial charge in [0.1, 0.15) is 17.3 Å². The molecule has 2 N–H and O–H groups in total. The minimum absolute atomic E-state index is 0.215. The average Bonchev–Trinajstić information content (AvgIpc) is 2.74. The van der Waals surface area contributed by atoms with Gasteiger partial charge >= 0.3 is 0 Å². The SMILES string of the molecule is COc1ccccc1Nc1cc(C(=O)NCCC(C)C)nc(-c2ccccc2)n1. The predicted octanol–water partition coefficient (Wildman–Crippen LogP) is 4.67. The Kier molecular flexibility index (Phi) is 6.79. The number of amides is 1. The van der Waals surface area contributed by atoms with E-state index in [9.17, 15) is 4.79 Å². The Hall–Kier alpha value is -3.41. The van der Waals surface area contributed by atoms with Gasteiger partial charge in [-0.25, -0.2) is 9.97 Å². The zero-order valence-electron chi connectivity index (χ0n) is 17.0. The molecule has 150 valence electrons. The van der Waals surface area contributed by atoms with Crippen LogP contribution in [-0.4, -0.2) is 29.5 Å². The van der Waals surface area contributed by atoms with Crippen molar-refractivity contribution in [2.45, 2.75) is 20.3 Å². The molecule has 6 heteroatoms. The fourth-order valence-corrected chi connectivity index (χ4v) is 2.79. The summed E-state index contributed by atoms with van der Waals surface area (Å²) in [5.41, 5.74) is 1.92. The first-order chi connectivity index (χ1) is 14.1. The van der Waals surface area contributed by atoms with Crippen molar-refractivity contribution in [3.05, 3.63) is 66.4 Å². The minimum Gasteiger partial charge on any atom is -0.495 e. The van der Waals surface area contributed by atoms with Gasteiger partial charge in [-0.15, -0.1) is 0 Å². The fourth-order valence-electron chi connectivity index (χ4n) is 2.79. The number of rotatable bonds is 8. The topological polar surface area (TPSA) is 76.1 Å². The minimum atomic E-state index is -0.215. The van der Waals surface area contributed by atoms with E-state index in [1.54, 1.807) is 13.2 Å². The van der Waals surface area contributed by atoms with Crippen LogP contribution in [0.1, 0.15) is 30.8 Å². The van der Waals surface area contributed by atoms with Gasteiger partial charge in [0.05, 0.1) is 12.8 Å². The van der Waals surface area contributed by atoms with Crippen LogP contribution in [-0.2, 0) is 0 Å². The first-order valence-corrected chi connectivity index (χ1v) is 9.69. The molecule has 0 atom stereocenters. The fraction of sp³-hybridized carbons (Fsp3) is 0.261. The lowest BCUT2D eigenvalue weighted by Gasteiger charge is -2.13. The number of benzene rings is 2. The van der Waals surface area contributed by atoms with Gasteiger partial charge in [0, 0.05) is 18.2 Å². The lowest BCUT2D eigenvalue weighted by molar-refractivity contribution is 0.0947. The molecule has 29 heavy (non-hydrogen) atoms.